The summed E-state index contributed by atoms with van der Waals surface area (Å²) in [5.74, 6) is -2.10. The summed E-state index contributed by atoms with van der Waals surface area (Å²) in [5, 5.41) is 19.6. The van der Waals surface area contributed by atoms with Gasteiger partial charge in [-0.2, -0.15) is 0 Å². The van der Waals surface area contributed by atoms with Gasteiger partial charge in [0.2, 0.25) is 0 Å². The van der Waals surface area contributed by atoms with Crippen LogP contribution in [0, 0.1) is 12.8 Å². The second kappa shape index (κ2) is 6.91. The molecule has 0 aliphatic carbocycles. The average molecular weight is 381 g/mol. The van der Waals surface area contributed by atoms with Gasteiger partial charge < -0.3 is 10.4 Å². The number of nitrogens with one attached hydrogen (secondary N) is 1. The number of carboxylic acid groups (broad SMARTS) is 1. The molecule has 0 radical (unpaired) electrons. The average Bonchev–Trinajstić information content (AvgIpc) is 2.88. The van der Waals surface area contributed by atoms with Gasteiger partial charge in [-0.15, -0.1) is 5.10 Å². The normalized spacial score (nSPS) is 13.4. The molecule has 1 heterocycles. The third-order valence-corrected chi connectivity index (χ3v) is 4.15. The fraction of sp³-hybridized carbons (Fsp3) is 0.333. The zero-order chi connectivity index (χ0) is 17.1. The standard InChI is InChI=1S/C15H17BrN4O3/c1-8(15(22)23)9(2)17-14(21)13-10(3)20(19-18-13)12-6-4-5-11(16)7-12/h4-9H,1-3H3,(H,17,21)(H,22,23). The van der Waals surface area contributed by atoms with Crippen molar-refractivity contribution in [1.82, 2.24) is 20.3 Å². The van der Waals surface area contributed by atoms with Crippen LogP contribution in [-0.2, 0) is 4.79 Å². The van der Waals surface area contributed by atoms with Crippen LogP contribution < -0.4 is 5.32 Å². The van der Waals surface area contributed by atoms with E-state index in [0.29, 0.717) is 5.69 Å². The fourth-order valence-electron chi connectivity index (χ4n) is 2.01. The van der Waals surface area contributed by atoms with Gasteiger partial charge in [0.15, 0.2) is 5.69 Å². The van der Waals surface area contributed by atoms with Crippen molar-refractivity contribution in [3.8, 4) is 5.69 Å². The van der Waals surface area contributed by atoms with Crippen molar-refractivity contribution in [3.63, 3.8) is 0 Å². The number of aliphatic carboxylic acids is 1. The third kappa shape index (κ3) is 3.76. The molecule has 1 aromatic carbocycles. The predicted molar refractivity (Wildman–Crippen MR) is 87.5 cm³/mol. The zero-order valence-corrected chi connectivity index (χ0v) is 14.5. The SMILES string of the molecule is Cc1c(C(=O)NC(C)C(C)C(=O)O)nnn1-c1cccc(Br)c1. The van der Waals surface area contributed by atoms with Crippen molar-refractivity contribution in [2.24, 2.45) is 5.92 Å². The lowest BCUT2D eigenvalue weighted by Crippen LogP contribution is -2.40. The first-order valence-electron chi connectivity index (χ1n) is 7.03. The van der Waals surface area contributed by atoms with E-state index in [2.05, 4.69) is 31.6 Å². The Morgan fingerprint density at radius 3 is 2.65 bits per heavy atom. The minimum absolute atomic E-state index is 0.175. The first-order chi connectivity index (χ1) is 10.8. The van der Waals surface area contributed by atoms with Gasteiger partial charge >= 0.3 is 5.97 Å². The van der Waals surface area contributed by atoms with Gasteiger partial charge in [-0.25, -0.2) is 4.68 Å². The Bertz CT molecular complexity index is 744. The Morgan fingerprint density at radius 1 is 1.35 bits per heavy atom. The molecule has 2 aromatic rings. The highest BCUT2D eigenvalue weighted by Gasteiger charge is 2.24. The highest BCUT2D eigenvalue weighted by Crippen LogP contribution is 2.17. The van der Waals surface area contributed by atoms with Gasteiger partial charge in [0.05, 0.1) is 17.3 Å². The number of carboxylic acids is 1. The zero-order valence-electron chi connectivity index (χ0n) is 12.9. The highest BCUT2D eigenvalue weighted by molar-refractivity contribution is 9.10. The van der Waals surface area contributed by atoms with Crippen LogP contribution in [0.3, 0.4) is 0 Å². The molecule has 8 heteroatoms. The molecule has 0 aliphatic heterocycles. The Morgan fingerprint density at radius 2 is 2.04 bits per heavy atom. The second-order valence-corrected chi connectivity index (χ2v) is 6.22. The maximum Gasteiger partial charge on any atom is 0.308 e. The van der Waals surface area contributed by atoms with Gasteiger partial charge in [-0.1, -0.05) is 27.2 Å². The van der Waals surface area contributed by atoms with Crippen LogP contribution in [0.1, 0.15) is 30.0 Å². The van der Waals surface area contributed by atoms with Gasteiger partial charge in [-0.3, -0.25) is 9.59 Å². The number of hydrogen-bond donors (Lipinski definition) is 2. The first-order valence-corrected chi connectivity index (χ1v) is 7.82. The van der Waals surface area contributed by atoms with E-state index in [9.17, 15) is 9.59 Å². The molecule has 0 fully saturated rings. The summed E-state index contributed by atoms with van der Waals surface area (Å²) in [6, 6.07) is 6.94. The van der Waals surface area contributed by atoms with Crippen molar-refractivity contribution in [2.75, 3.05) is 0 Å². The molecular formula is C15H17BrN4O3. The summed E-state index contributed by atoms with van der Waals surface area (Å²) >= 11 is 3.39. The largest absolute Gasteiger partial charge is 0.481 e. The van der Waals surface area contributed by atoms with Crippen molar-refractivity contribution in [1.29, 1.82) is 0 Å². The second-order valence-electron chi connectivity index (χ2n) is 5.30. The molecule has 2 unspecified atom stereocenters. The molecule has 23 heavy (non-hydrogen) atoms. The molecule has 0 saturated carbocycles. The number of aromatic nitrogens is 3. The summed E-state index contributed by atoms with van der Waals surface area (Å²) in [5.41, 5.74) is 1.53. The van der Waals surface area contributed by atoms with Crippen molar-refractivity contribution in [3.05, 3.63) is 40.1 Å². The minimum atomic E-state index is -0.965. The molecule has 122 valence electrons. The van der Waals surface area contributed by atoms with Crippen molar-refractivity contribution >= 4 is 27.8 Å². The molecule has 7 nitrogen and oxygen atoms in total. The number of halogens is 1. The molecule has 1 amide bonds. The molecule has 1 aromatic heterocycles. The summed E-state index contributed by atoms with van der Waals surface area (Å²) in [6.07, 6.45) is 0. The number of hydrogen-bond acceptors (Lipinski definition) is 4. The summed E-state index contributed by atoms with van der Waals surface area (Å²) in [7, 11) is 0. The van der Waals surface area contributed by atoms with E-state index in [0.717, 1.165) is 10.2 Å². The van der Waals surface area contributed by atoms with Crippen LogP contribution in [0.2, 0.25) is 0 Å². The lowest BCUT2D eigenvalue weighted by Gasteiger charge is -2.17. The number of benzene rings is 1. The van der Waals surface area contributed by atoms with Gasteiger partial charge in [0, 0.05) is 10.5 Å². The van der Waals surface area contributed by atoms with Crippen LogP contribution in [-0.4, -0.2) is 38.0 Å². The van der Waals surface area contributed by atoms with Gasteiger partial charge in [-0.05, 0) is 39.0 Å². The van der Waals surface area contributed by atoms with Crippen LogP contribution >= 0.6 is 15.9 Å². The molecule has 2 rings (SSSR count). The number of rotatable bonds is 5. The van der Waals surface area contributed by atoms with Gasteiger partial charge in [0.1, 0.15) is 0 Å². The number of nitrogens with zero attached hydrogens (tertiary/aromatic N) is 3. The predicted octanol–water partition coefficient (Wildman–Crippen LogP) is 2.18. The van der Waals surface area contributed by atoms with E-state index in [-0.39, 0.29) is 5.69 Å². The molecule has 0 aliphatic rings. The summed E-state index contributed by atoms with van der Waals surface area (Å²) < 4.78 is 2.45. The molecule has 0 spiro atoms. The molecular weight excluding hydrogens is 364 g/mol. The Labute approximate surface area is 141 Å². The lowest BCUT2D eigenvalue weighted by molar-refractivity contribution is -0.141. The van der Waals surface area contributed by atoms with Crippen molar-refractivity contribution < 1.29 is 14.7 Å². The smallest absolute Gasteiger partial charge is 0.308 e. The monoisotopic (exact) mass is 380 g/mol. The van der Waals surface area contributed by atoms with Crippen LogP contribution in [0.4, 0.5) is 0 Å². The lowest BCUT2D eigenvalue weighted by atomic mass is 10.0. The Balaban J connectivity index is 2.22. The summed E-state index contributed by atoms with van der Waals surface area (Å²) in [6.45, 7) is 4.92. The highest BCUT2D eigenvalue weighted by atomic mass is 79.9. The van der Waals surface area contributed by atoms with E-state index in [4.69, 9.17) is 5.11 Å². The summed E-state index contributed by atoms with van der Waals surface area (Å²) in [4.78, 5) is 23.2. The molecule has 0 saturated heterocycles. The number of amides is 1. The first kappa shape index (κ1) is 17.1. The maximum absolute atomic E-state index is 12.3. The van der Waals surface area contributed by atoms with E-state index in [1.165, 1.54) is 0 Å². The molecule has 2 atom stereocenters. The molecule has 2 N–H and O–H groups in total. The third-order valence-electron chi connectivity index (χ3n) is 3.66. The quantitative estimate of drug-likeness (QED) is 0.828. The van der Waals surface area contributed by atoms with Crippen LogP contribution in [0.15, 0.2) is 28.7 Å². The topological polar surface area (TPSA) is 97.1 Å². The Hall–Kier alpha value is -2.22. The maximum atomic E-state index is 12.3. The van der Waals surface area contributed by atoms with E-state index < -0.39 is 23.8 Å². The minimum Gasteiger partial charge on any atom is -0.481 e. The fourth-order valence-corrected chi connectivity index (χ4v) is 2.39. The van der Waals surface area contributed by atoms with E-state index in [1.54, 1.807) is 25.5 Å². The van der Waals surface area contributed by atoms with Gasteiger partial charge in [0.25, 0.3) is 5.91 Å². The number of carbonyl (C=O) groups is 2. The van der Waals surface area contributed by atoms with E-state index in [1.807, 2.05) is 24.3 Å². The number of carbonyl (C=O) groups excluding carboxylic acids is 1. The Kier molecular flexibility index (Phi) is 5.15. The van der Waals surface area contributed by atoms with Crippen LogP contribution in [0.5, 0.6) is 0 Å². The molecule has 0 bridgehead atoms. The van der Waals surface area contributed by atoms with E-state index >= 15 is 0 Å². The van der Waals surface area contributed by atoms with Crippen molar-refractivity contribution in [2.45, 2.75) is 26.8 Å². The van der Waals surface area contributed by atoms with Crippen LogP contribution in [0.25, 0.3) is 5.69 Å².